The monoisotopic (exact) mass is 387 g/mol. The molecule has 152 valence electrons. The molecule has 7 heteroatoms. The first-order valence-corrected chi connectivity index (χ1v) is 9.94. The summed E-state index contributed by atoms with van der Waals surface area (Å²) in [6, 6.07) is 5.19. The van der Waals surface area contributed by atoms with Crippen molar-refractivity contribution in [1.29, 1.82) is 0 Å². The first-order valence-electron chi connectivity index (χ1n) is 9.94. The van der Waals surface area contributed by atoms with Crippen LogP contribution in [-0.4, -0.2) is 41.9 Å². The number of methoxy groups -OCH3 is 1. The van der Waals surface area contributed by atoms with E-state index in [0.717, 1.165) is 30.4 Å². The number of ether oxygens (including phenoxy) is 1. The highest BCUT2D eigenvalue weighted by atomic mass is 16.5. The van der Waals surface area contributed by atoms with Gasteiger partial charge in [0.2, 0.25) is 5.91 Å². The van der Waals surface area contributed by atoms with E-state index in [4.69, 9.17) is 4.74 Å². The molecule has 4 amide bonds. The van der Waals surface area contributed by atoms with E-state index >= 15 is 0 Å². The maximum atomic E-state index is 12.8. The molecule has 1 aromatic rings. The first-order chi connectivity index (χ1) is 13.4. The Labute approximate surface area is 165 Å². The first kappa shape index (κ1) is 20.2. The van der Waals surface area contributed by atoms with E-state index in [1.807, 2.05) is 32.0 Å². The summed E-state index contributed by atoms with van der Waals surface area (Å²) >= 11 is 0. The Morgan fingerprint density at radius 3 is 2.68 bits per heavy atom. The highest BCUT2D eigenvalue weighted by Crippen LogP contribution is 2.33. The third-order valence-corrected chi connectivity index (χ3v) is 5.74. The molecule has 2 aliphatic rings. The molecular weight excluding hydrogens is 358 g/mol. The number of carbonyl (C=O) groups is 3. The molecule has 28 heavy (non-hydrogen) atoms. The average Bonchev–Trinajstić information content (AvgIpc) is 2.90. The molecule has 1 saturated heterocycles. The van der Waals surface area contributed by atoms with Crippen molar-refractivity contribution < 1.29 is 19.1 Å². The van der Waals surface area contributed by atoms with Crippen molar-refractivity contribution in [2.45, 2.75) is 64.0 Å². The van der Waals surface area contributed by atoms with Gasteiger partial charge in [0.05, 0.1) is 13.2 Å². The second-order valence-electron chi connectivity index (χ2n) is 7.81. The van der Waals surface area contributed by atoms with E-state index in [0.29, 0.717) is 18.6 Å². The number of benzene rings is 1. The zero-order valence-electron chi connectivity index (χ0n) is 16.8. The van der Waals surface area contributed by atoms with Crippen LogP contribution in [0.5, 0.6) is 5.75 Å². The summed E-state index contributed by atoms with van der Waals surface area (Å²) in [5, 5.41) is 5.80. The molecule has 2 N–H and O–H groups in total. The quantitative estimate of drug-likeness (QED) is 0.735. The summed E-state index contributed by atoms with van der Waals surface area (Å²) in [7, 11) is 1.60. The van der Waals surface area contributed by atoms with Crippen LogP contribution in [0.15, 0.2) is 18.2 Å². The molecule has 1 saturated carbocycles. The Kier molecular flexibility index (Phi) is 5.91. The van der Waals surface area contributed by atoms with E-state index in [2.05, 4.69) is 10.6 Å². The summed E-state index contributed by atoms with van der Waals surface area (Å²) in [5.74, 6) is 0.325. The molecule has 0 bridgehead atoms. The molecule has 0 aromatic heterocycles. The molecule has 2 fully saturated rings. The molecule has 1 spiro atoms. The van der Waals surface area contributed by atoms with Crippen molar-refractivity contribution in [3.05, 3.63) is 29.3 Å². The van der Waals surface area contributed by atoms with Crippen molar-refractivity contribution in [3.8, 4) is 5.75 Å². The van der Waals surface area contributed by atoms with Crippen molar-refractivity contribution in [3.63, 3.8) is 0 Å². The standard InChI is InChI=1S/C21H29N3O4/c1-14-7-8-17(28-3)16(13-14)15(2)22-18(25)9-12-24-19(26)21(23-20(24)27)10-5-4-6-11-21/h7-8,13,15H,4-6,9-12H2,1-3H3,(H,22,25)(H,23,27). The SMILES string of the molecule is COc1ccc(C)cc1C(C)NC(=O)CCN1C(=O)NC2(CCCCC2)C1=O. The lowest BCUT2D eigenvalue weighted by atomic mass is 9.82. The van der Waals surface area contributed by atoms with Crippen LogP contribution in [0.4, 0.5) is 4.79 Å². The fourth-order valence-corrected chi connectivity index (χ4v) is 4.17. The van der Waals surface area contributed by atoms with Gasteiger partial charge in [-0.15, -0.1) is 0 Å². The average molecular weight is 387 g/mol. The highest BCUT2D eigenvalue weighted by molar-refractivity contribution is 6.07. The Balaban J connectivity index is 1.58. The number of aryl methyl sites for hydroxylation is 1. The smallest absolute Gasteiger partial charge is 0.325 e. The minimum atomic E-state index is -0.742. The summed E-state index contributed by atoms with van der Waals surface area (Å²) in [6.07, 6.45) is 4.42. The van der Waals surface area contributed by atoms with Crippen LogP contribution in [0.3, 0.4) is 0 Å². The Bertz CT molecular complexity index is 771. The van der Waals surface area contributed by atoms with Crippen molar-refractivity contribution >= 4 is 17.8 Å². The summed E-state index contributed by atoms with van der Waals surface area (Å²) < 4.78 is 5.38. The maximum absolute atomic E-state index is 12.8. The second-order valence-corrected chi connectivity index (χ2v) is 7.81. The van der Waals surface area contributed by atoms with Gasteiger partial charge in [-0.05, 0) is 32.8 Å². The molecule has 1 aromatic carbocycles. The number of imide groups is 1. The number of nitrogens with one attached hydrogen (secondary N) is 2. The fourth-order valence-electron chi connectivity index (χ4n) is 4.17. The van der Waals surface area contributed by atoms with Gasteiger partial charge in [0.25, 0.3) is 5.91 Å². The summed E-state index contributed by atoms with van der Waals surface area (Å²) in [4.78, 5) is 38.7. The van der Waals surface area contributed by atoms with Crippen LogP contribution in [0, 0.1) is 6.92 Å². The fraction of sp³-hybridized carbons (Fsp3) is 0.571. The molecule has 7 nitrogen and oxygen atoms in total. The minimum absolute atomic E-state index is 0.0771. The Morgan fingerprint density at radius 1 is 1.29 bits per heavy atom. The highest BCUT2D eigenvalue weighted by Gasteiger charge is 2.51. The molecule has 1 aliphatic carbocycles. The molecule has 1 atom stereocenters. The molecule has 3 rings (SSSR count). The van der Waals surface area contributed by atoms with Gasteiger partial charge < -0.3 is 15.4 Å². The number of rotatable bonds is 6. The van der Waals surface area contributed by atoms with Gasteiger partial charge in [0.1, 0.15) is 11.3 Å². The summed E-state index contributed by atoms with van der Waals surface area (Å²) in [5.41, 5.74) is 1.23. The molecule has 1 aliphatic heterocycles. The number of carbonyl (C=O) groups excluding carboxylic acids is 3. The van der Waals surface area contributed by atoms with E-state index in [1.165, 1.54) is 4.90 Å². The van der Waals surface area contributed by atoms with E-state index < -0.39 is 5.54 Å². The summed E-state index contributed by atoms with van der Waals surface area (Å²) in [6.45, 7) is 3.96. The van der Waals surface area contributed by atoms with Gasteiger partial charge in [-0.3, -0.25) is 14.5 Å². The van der Waals surface area contributed by atoms with Crippen LogP contribution >= 0.6 is 0 Å². The molecule has 1 heterocycles. The number of urea groups is 1. The predicted molar refractivity (Wildman–Crippen MR) is 105 cm³/mol. The number of amides is 4. The van der Waals surface area contributed by atoms with Gasteiger partial charge in [0, 0.05) is 18.5 Å². The third-order valence-electron chi connectivity index (χ3n) is 5.74. The topological polar surface area (TPSA) is 87.7 Å². The number of hydrogen-bond donors (Lipinski definition) is 2. The maximum Gasteiger partial charge on any atom is 0.325 e. The van der Waals surface area contributed by atoms with Gasteiger partial charge in [-0.2, -0.15) is 0 Å². The predicted octanol–water partition coefficient (Wildman–Crippen LogP) is 2.83. The van der Waals surface area contributed by atoms with Gasteiger partial charge in [-0.25, -0.2) is 4.79 Å². The van der Waals surface area contributed by atoms with Crippen molar-refractivity contribution in [2.24, 2.45) is 0 Å². The lowest BCUT2D eigenvalue weighted by Gasteiger charge is -2.30. The van der Waals surface area contributed by atoms with Crippen LogP contribution in [0.1, 0.15) is 62.6 Å². The Hall–Kier alpha value is -2.57. The lowest BCUT2D eigenvalue weighted by Crippen LogP contribution is -2.48. The van der Waals surface area contributed by atoms with E-state index in [1.54, 1.807) is 7.11 Å². The lowest BCUT2D eigenvalue weighted by molar-refractivity contribution is -0.132. The van der Waals surface area contributed by atoms with E-state index in [-0.39, 0.29) is 36.9 Å². The zero-order valence-corrected chi connectivity index (χ0v) is 16.8. The van der Waals surface area contributed by atoms with Gasteiger partial charge in [-0.1, -0.05) is 37.0 Å². The van der Waals surface area contributed by atoms with Gasteiger partial charge in [0.15, 0.2) is 0 Å². The third kappa shape index (κ3) is 3.98. The minimum Gasteiger partial charge on any atom is -0.496 e. The van der Waals surface area contributed by atoms with Crippen molar-refractivity contribution in [2.75, 3.05) is 13.7 Å². The van der Waals surface area contributed by atoms with E-state index in [9.17, 15) is 14.4 Å². The Morgan fingerprint density at radius 2 is 2.00 bits per heavy atom. The zero-order chi connectivity index (χ0) is 20.3. The van der Waals surface area contributed by atoms with Crippen LogP contribution in [0.25, 0.3) is 0 Å². The van der Waals surface area contributed by atoms with Crippen LogP contribution in [-0.2, 0) is 9.59 Å². The van der Waals surface area contributed by atoms with Crippen LogP contribution < -0.4 is 15.4 Å². The molecular formula is C21H29N3O4. The number of hydrogen-bond acceptors (Lipinski definition) is 4. The largest absolute Gasteiger partial charge is 0.496 e. The van der Waals surface area contributed by atoms with Crippen molar-refractivity contribution in [1.82, 2.24) is 15.5 Å². The van der Waals surface area contributed by atoms with Gasteiger partial charge >= 0.3 is 6.03 Å². The second kappa shape index (κ2) is 8.20. The van der Waals surface area contributed by atoms with Crippen LogP contribution in [0.2, 0.25) is 0 Å². The number of nitrogens with zero attached hydrogens (tertiary/aromatic N) is 1. The normalized spacial score (nSPS) is 19.5. The molecule has 1 unspecified atom stereocenters. The molecule has 0 radical (unpaired) electrons.